The van der Waals surface area contributed by atoms with Crippen LogP contribution in [0.3, 0.4) is 0 Å². The Labute approximate surface area is 157 Å². The smallest absolute Gasteiger partial charge is 0.0622 e. The molecule has 1 saturated heterocycles. The molecule has 0 spiro atoms. The Hall–Kier alpha value is -1.75. The fraction of sp³-hybridized carbons (Fsp3) is 0.286. The molecule has 0 bridgehead atoms. The van der Waals surface area contributed by atoms with Crippen molar-refractivity contribution in [3.05, 3.63) is 76.5 Å². The van der Waals surface area contributed by atoms with E-state index >= 15 is 0 Å². The molecule has 0 N–H and O–H groups in total. The van der Waals surface area contributed by atoms with Crippen LogP contribution in [-0.4, -0.2) is 41.0 Å². The van der Waals surface area contributed by atoms with Gasteiger partial charge in [-0.3, -0.25) is 14.8 Å². The van der Waals surface area contributed by atoms with E-state index < -0.39 is 0 Å². The molecule has 1 fully saturated rings. The quantitative estimate of drug-likeness (QED) is 0.655. The molecule has 1 aliphatic heterocycles. The topological polar surface area (TPSA) is 19.4 Å². The van der Waals surface area contributed by atoms with E-state index in [1.54, 1.807) is 0 Å². The summed E-state index contributed by atoms with van der Waals surface area (Å²) in [6, 6.07) is 19.1. The summed E-state index contributed by atoms with van der Waals surface area (Å²) < 4.78 is 1.21. The van der Waals surface area contributed by atoms with Gasteiger partial charge in [-0.1, -0.05) is 58.4 Å². The zero-order chi connectivity index (χ0) is 17.1. The molecule has 0 radical (unpaired) electrons. The first kappa shape index (κ1) is 16.7. The highest BCUT2D eigenvalue weighted by molar-refractivity contribution is 9.10. The number of nitrogens with zero attached hydrogens (tertiary/aromatic N) is 3. The molecule has 1 aliphatic rings. The highest BCUT2D eigenvalue weighted by atomic mass is 79.9. The van der Waals surface area contributed by atoms with Crippen LogP contribution < -0.4 is 0 Å². The lowest BCUT2D eigenvalue weighted by molar-refractivity contribution is 0.121. The number of hydrogen-bond acceptors (Lipinski definition) is 3. The summed E-state index contributed by atoms with van der Waals surface area (Å²) in [4.78, 5) is 9.69. The van der Waals surface area contributed by atoms with Crippen molar-refractivity contribution in [1.29, 1.82) is 0 Å². The first-order valence-electron chi connectivity index (χ1n) is 8.80. The molecule has 2 heterocycles. The molecule has 3 nitrogen and oxygen atoms in total. The van der Waals surface area contributed by atoms with E-state index in [4.69, 9.17) is 0 Å². The molecule has 128 valence electrons. The molecule has 4 rings (SSSR count). The molecule has 0 unspecified atom stereocenters. The molecular formula is C21H22BrN3. The van der Waals surface area contributed by atoms with Crippen molar-refractivity contribution in [2.75, 3.05) is 26.2 Å². The van der Waals surface area contributed by atoms with Gasteiger partial charge in [0.25, 0.3) is 0 Å². The Kier molecular flexibility index (Phi) is 5.11. The molecule has 4 heteroatoms. The van der Waals surface area contributed by atoms with Crippen molar-refractivity contribution in [3.63, 3.8) is 0 Å². The number of benzene rings is 2. The lowest BCUT2D eigenvalue weighted by Crippen LogP contribution is -2.45. The number of rotatable bonds is 4. The normalized spacial score (nSPS) is 16.4. The van der Waals surface area contributed by atoms with Gasteiger partial charge in [0.15, 0.2) is 0 Å². The van der Waals surface area contributed by atoms with Gasteiger partial charge in [-0.2, -0.15) is 0 Å². The third-order valence-corrected chi connectivity index (χ3v) is 5.72. The van der Waals surface area contributed by atoms with Crippen LogP contribution in [0, 0.1) is 0 Å². The Morgan fingerprint density at radius 3 is 2.28 bits per heavy atom. The SMILES string of the molecule is Brc1ccccc1CN1CCN(Cc2nccc3ccccc23)CC1. The van der Waals surface area contributed by atoms with Crippen LogP contribution in [-0.2, 0) is 13.1 Å². The third kappa shape index (κ3) is 3.92. The maximum Gasteiger partial charge on any atom is 0.0622 e. The average Bonchev–Trinajstić information content (AvgIpc) is 2.65. The highest BCUT2D eigenvalue weighted by Crippen LogP contribution is 2.20. The minimum atomic E-state index is 0.935. The summed E-state index contributed by atoms with van der Waals surface area (Å²) in [6.07, 6.45) is 1.93. The maximum atomic E-state index is 4.64. The Balaban J connectivity index is 1.38. The van der Waals surface area contributed by atoms with Crippen molar-refractivity contribution in [2.24, 2.45) is 0 Å². The van der Waals surface area contributed by atoms with Gasteiger partial charge in [-0.15, -0.1) is 0 Å². The summed E-state index contributed by atoms with van der Waals surface area (Å²) in [5.74, 6) is 0. The standard InChI is InChI=1S/C21H22BrN3/c22-20-8-4-2-6-18(20)15-24-11-13-25(14-12-24)16-21-19-7-3-1-5-17(19)9-10-23-21/h1-10H,11-16H2. The van der Waals surface area contributed by atoms with Gasteiger partial charge >= 0.3 is 0 Å². The summed E-state index contributed by atoms with van der Waals surface area (Å²) >= 11 is 3.66. The third-order valence-electron chi connectivity index (χ3n) is 4.95. The van der Waals surface area contributed by atoms with E-state index in [1.807, 2.05) is 6.20 Å². The number of pyridine rings is 1. The summed E-state index contributed by atoms with van der Waals surface area (Å²) in [5, 5.41) is 2.56. The van der Waals surface area contributed by atoms with Crippen LogP contribution in [0.4, 0.5) is 0 Å². The lowest BCUT2D eigenvalue weighted by atomic mass is 10.1. The van der Waals surface area contributed by atoms with Crippen LogP contribution in [0.15, 0.2) is 65.3 Å². The molecule has 1 aromatic heterocycles. The van der Waals surface area contributed by atoms with E-state index in [0.29, 0.717) is 0 Å². The fourth-order valence-electron chi connectivity index (χ4n) is 3.49. The first-order chi connectivity index (χ1) is 12.3. The largest absolute Gasteiger partial charge is 0.297 e. The number of halogens is 1. The highest BCUT2D eigenvalue weighted by Gasteiger charge is 2.18. The van der Waals surface area contributed by atoms with Crippen LogP contribution in [0.2, 0.25) is 0 Å². The second-order valence-corrected chi connectivity index (χ2v) is 7.48. The van der Waals surface area contributed by atoms with Crippen molar-refractivity contribution in [1.82, 2.24) is 14.8 Å². The number of fused-ring (bicyclic) bond motifs is 1. The van der Waals surface area contributed by atoms with Gasteiger partial charge in [-0.05, 0) is 23.1 Å². The number of piperazine rings is 1. The van der Waals surface area contributed by atoms with Gasteiger partial charge in [0.05, 0.1) is 5.69 Å². The summed E-state index contributed by atoms with van der Waals surface area (Å²) in [7, 11) is 0. The van der Waals surface area contributed by atoms with E-state index in [9.17, 15) is 0 Å². The van der Waals surface area contributed by atoms with Crippen molar-refractivity contribution < 1.29 is 0 Å². The monoisotopic (exact) mass is 395 g/mol. The van der Waals surface area contributed by atoms with E-state index in [1.165, 1.54) is 26.5 Å². The van der Waals surface area contributed by atoms with Crippen LogP contribution in [0.1, 0.15) is 11.3 Å². The zero-order valence-electron chi connectivity index (χ0n) is 14.2. The minimum absolute atomic E-state index is 0.935. The minimum Gasteiger partial charge on any atom is -0.297 e. The predicted octanol–water partition coefficient (Wildman–Crippen LogP) is 4.32. The molecule has 0 amide bonds. The van der Waals surface area contributed by atoms with Gasteiger partial charge < -0.3 is 0 Å². The average molecular weight is 396 g/mol. The number of aromatic nitrogens is 1. The Morgan fingerprint density at radius 1 is 0.800 bits per heavy atom. The lowest BCUT2D eigenvalue weighted by Gasteiger charge is -2.34. The predicted molar refractivity (Wildman–Crippen MR) is 106 cm³/mol. The maximum absolute atomic E-state index is 4.64. The van der Waals surface area contributed by atoms with Crippen molar-refractivity contribution >= 4 is 26.7 Å². The first-order valence-corrected chi connectivity index (χ1v) is 9.59. The molecule has 0 aliphatic carbocycles. The second kappa shape index (κ2) is 7.65. The van der Waals surface area contributed by atoms with Crippen LogP contribution in [0.25, 0.3) is 10.8 Å². The van der Waals surface area contributed by atoms with Gasteiger partial charge in [-0.25, -0.2) is 0 Å². The van der Waals surface area contributed by atoms with Crippen LogP contribution in [0.5, 0.6) is 0 Å². The molecule has 2 aromatic carbocycles. The molecular weight excluding hydrogens is 374 g/mol. The van der Waals surface area contributed by atoms with Gasteiger partial charge in [0.1, 0.15) is 0 Å². The number of hydrogen-bond donors (Lipinski definition) is 0. The van der Waals surface area contributed by atoms with Crippen molar-refractivity contribution in [3.8, 4) is 0 Å². The van der Waals surface area contributed by atoms with E-state index in [2.05, 4.69) is 85.3 Å². The van der Waals surface area contributed by atoms with Crippen LogP contribution >= 0.6 is 15.9 Å². The van der Waals surface area contributed by atoms with E-state index in [0.717, 1.165) is 39.3 Å². The van der Waals surface area contributed by atoms with Gasteiger partial charge in [0, 0.05) is 55.3 Å². The molecule has 25 heavy (non-hydrogen) atoms. The fourth-order valence-corrected chi connectivity index (χ4v) is 3.90. The molecule has 3 aromatic rings. The summed E-state index contributed by atoms with van der Waals surface area (Å²) in [5.41, 5.74) is 2.56. The van der Waals surface area contributed by atoms with Gasteiger partial charge in [0.2, 0.25) is 0 Å². The molecule has 0 atom stereocenters. The summed E-state index contributed by atoms with van der Waals surface area (Å²) in [6.45, 7) is 6.34. The van der Waals surface area contributed by atoms with E-state index in [-0.39, 0.29) is 0 Å². The zero-order valence-corrected chi connectivity index (χ0v) is 15.8. The van der Waals surface area contributed by atoms with Crippen molar-refractivity contribution in [2.45, 2.75) is 13.1 Å². The Morgan fingerprint density at radius 2 is 1.48 bits per heavy atom. The second-order valence-electron chi connectivity index (χ2n) is 6.62. The molecule has 0 saturated carbocycles. The Bertz CT molecular complexity index is 851.